The Morgan fingerprint density at radius 2 is 2.20 bits per heavy atom. The molecule has 0 fully saturated rings. The fraction of sp³-hybridized carbons (Fsp3) is 0.222. The maximum atomic E-state index is 10.5. The lowest BCUT2D eigenvalue weighted by Gasteiger charge is -1.98. The summed E-state index contributed by atoms with van der Waals surface area (Å²) >= 11 is 5.57. The number of nitrogens with one attached hydrogen (secondary N) is 1. The number of carbonyl (C=O) groups is 2. The number of halogens is 1. The van der Waals surface area contributed by atoms with Crippen LogP contribution in [0.5, 0.6) is 0 Å². The molecule has 0 radical (unpaired) electrons. The van der Waals surface area contributed by atoms with Crippen LogP contribution in [-0.2, 0) is 14.3 Å². The Balaban J connectivity index is 0.000000423. The van der Waals surface area contributed by atoms with Crippen LogP contribution < -0.4 is 5.32 Å². The van der Waals surface area contributed by atoms with Crippen molar-refractivity contribution in [2.75, 3.05) is 12.4 Å². The Hall–Kier alpha value is -1.62. The lowest BCUT2D eigenvalue weighted by Crippen LogP contribution is -2.06. The molecule has 0 aromatic carbocycles. The fourth-order valence-corrected chi connectivity index (χ4v) is 0.742. The molecule has 1 aromatic rings. The van der Waals surface area contributed by atoms with Crippen molar-refractivity contribution in [3.63, 3.8) is 0 Å². The van der Waals surface area contributed by atoms with Gasteiger partial charge in [-0.25, -0.2) is 4.98 Å². The minimum atomic E-state index is -0.139. The van der Waals surface area contributed by atoms with Crippen molar-refractivity contribution in [2.45, 2.75) is 6.92 Å². The van der Waals surface area contributed by atoms with E-state index in [1.165, 1.54) is 20.2 Å². The Morgan fingerprint density at radius 3 is 2.53 bits per heavy atom. The molecule has 82 valence electrons. The number of rotatable bonds is 2. The van der Waals surface area contributed by atoms with Gasteiger partial charge in [0.05, 0.1) is 12.1 Å². The van der Waals surface area contributed by atoms with Crippen molar-refractivity contribution < 1.29 is 14.3 Å². The summed E-state index contributed by atoms with van der Waals surface area (Å²) in [6.45, 7) is 1.80. The topological polar surface area (TPSA) is 68.3 Å². The van der Waals surface area contributed by atoms with E-state index < -0.39 is 0 Å². The summed E-state index contributed by atoms with van der Waals surface area (Å²) in [5.74, 6) is 0.377. The third kappa shape index (κ3) is 7.45. The Labute approximate surface area is 92.4 Å². The monoisotopic (exact) mass is 230 g/mol. The number of nitrogens with zero attached hydrogens (tertiary/aromatic N) is 1. The number of amides is 1. The van der Waals surface area contributed by atoms with Gasteiger partial charge in [0.1, 0.15) is 5.82 Å². The van der Waals surface area contributed by atoms with Crippen LogP contribution in [0, 0.1) is 0 Å². The number of aromatic nitrogens is 1. The number of hydrogen-bond donors (Lipinski definition) is 1. The van der Waals surface area contributed by atoms with Gasteiger partial charge in [0.25, 0.3) is 6.47 Å². The van der Waals surface area contributed by atoms with Gasteiger partial charge in [0.15, 0.2) is 0 Å². The average Bonchev–Trinajstić information content (AvgIpc) is 2.21. The first-order valence-electron chi connectivity index (χ1n) is 3.95. The molecule has 0 bridgehead atoms. The van der Waals surface area contributed by atoms with Gasteiger partial charge in [0.2, 0.25) is 5.91 Å². The third-order valence-electron chi connectivity index (χ3n) is 1.13. The second-order valence-electron chi connectivity index (χ2n) is 2.37. The van der Waals surface area contributed by atoms with Crippen LogP contribution in [0.3, 0.4) is 0 Å². The van der Waals surface area contributed by atoms with Crippen molar-refractivity contribution in [1.29, 1.82) is 0 Å². The number of pyridine rings is 1. The van der Waals surface area contributed by atoms with E-state index in [1.54, 1.807) is 12.1 Å². The maximum absolute atomic E-state index is 10.5. The molecule has 1 aromatic heterocycles. The Morgan fingerprint density at radius 1 is 1.60 bits per heavy atom. The SMILES string of the molecule is CC(=O)Nc1ccc(Cl)cn1.COC=O. The summed E-state index contributed by atoms with van der Waals surface area (Å²) in [4.78, 5) is 23.3. The number of carbonyl (C=O) groups excluding carboxylic acids is 2. The predicted molar refractivity (Wildman–Crippen MR) is 56.6 cm³/mol. The van der Waals surface area contributed by atoms with Gasteiger partial charge in [-0.2, -0.15) is 0 Å². The molecular formula is C9H11ClN2O3. The van der Waals surface area contributed by atoms with Crippen LogP contribution >= 0.6 is 11.6 Å². The van der Waals surface area contributed by atoms with E-state index in [0.29, 0.717) is 17.3 Å². The van der Waals surface area contributed by atoms with Crippen molar-refractivity contribution in [2.24, 2.45) is 0 Å². The second-order valence-corrected chi connectivity index (χ2v) is 2.81. The lowest BCUT2D eigenvalue weighted by molar-refractivity contribution is -0.126. The normalized spacial score (nSPS) is 8.20. The fourth-order valence-electron chi connectivity index (χ4n) is 0.630. The van der Waals surface area contributed by atoms with E-state index in [9.17, 15) is 4.79 Å². The Kier molecular flexibility index (Phi) is 6.92. The minimum Gasteiger partial charge on any atom is -0.471 e. The van der Waals surface area contributed by atoms with Gasteiger partial charge in [-0.05, 0) is 12.1 Å². The van der Waals surface area contributed by atoms with E-state index in [4.69, 9.17) is 16.4 Å². The molecule has 0 saturated heterocycles. The van der Waals surface area contributed by atoms with Crippen LogP contribution in [0.25, 0.3) is 0 Å². The van der Waals surface area contributed by atoms with Crippen LogP contribution in [0.2, 0.25) is 5.02 Å². The molecule has 1 N–H and O–H groups in total. The molecule has 6 heteroatoms. The van der Waals surface area contributed by atoms with Crippen molar-refractivity contribution in [1.82, 2.24) is 4.98 Å². The van der Waals surface area contributed by atoms with Crippen LogP contribution in [0.1, 0.15) is 6.92 Å². The molecule has 5 nitrogen and oxygen atoms in total. The zero-order chi connectivity index (χ0) is 11.7. The molecule has 0 aliphatic rings. The number of ether oxygens (including phenoxy) is 1. The largest absolute Gasteiger partial charge is 0.471 e. The number of anilines is 1. The first-order chi connectivity index (χ1) is 7.10. The predicted octanol–water partition coefficient (Wildman–Crippen LogP) is 1.48. The molecule has 0 aliphatic heterocycles. The van der Waals surface area contributed by atoms with E-state index in [2.05, 4.69) is 15.0 Å². The van der Waals surface area contributed by atoms with E-state index >= 15 is 0 Å². The molecule has 1 rings (SSSR count). The lowest BCUT2D eigenvalue weighted by atomic mass is 10.4. The molecule has 1 amide bonds. The molecule has 1 heterocycles. The van der Waals surface area contributed by atoms with Crippen LogP contribution in [0.4, 0.5) is 5.82 Å². The second kappa shape index (κ2) is 7.75. The molecule has 0 atom stereocenters. The van der Waals surface area contributed by atoms with E-state index in [0.717, 1.165) is 0 Å². The molecule has 0 unspecified atom stereocenters. The van der Waals surface area contributed by atoms with Gasteiger partial charge in [-0.1, -0.05) is 11.6 Å². The summed E-state index contributed by atoms with van der Waals surface area (Å²) < 4.78 is 3.86. The maximum Gasteiger partial charge on any atom is 0.292 e. The number of hydrogen-bond acceptors (Lipinski definition) is 4. The Bertz CT molecular complexity index is 314. The molecular weight excluding hydrogens is 220 g/mol. The molecule has 0 spiro atoms. The highest BCUT2D eigenvalue weighted by molar-refractivity contribution is 6.30. The van der Waals surface area contributed by atoms with Gasteiger partial charge < -0.3 is 10.1 Å². The molecule has 15 heavy (non-hydrogen) atoms. The standard InChI is InChI=1S/C7H7ClN2O.C2H4O2/c1-5(11)10-7-3-2-6(8)4-9-7;1-4-2-3/h2-4H,1H3,(H,9,10,11);2H,1H3. The highest BCUT2D eigenvalue weighted by Crippen LogP contribution is 2.08. The summed E-state index contributed by atoms with van der Waals surface area (Å²) in [6, 6.07) is 3.31. The minimum absolute atomic E-state index is 0.139. The molecule has 0 aliphatic carbocycles. The highest BCUT2D eigenvalue weighted by atomic mass is 35.5. The van der Waals surface area contributed by atoms with Crippen LogP contribution in [-0.4, -0.2) is 24.5 Å². The van der Waals surface area contributed by atoms with Gasteiger partial charge in [-0.15, -0.1) is 0 Å². The number of methoxy groups -OCH3 is 1. The first kappa shape index (κ1) is 13.4. The molecule has 0 saturated carbocycles. The zero-order valence-corrected chi connectivity index (χ0v) is 9.12. The van der Waals surface area contributed by atoms with Gasteiger partial charge in [-0.3, -0.25) is 9.59 Å². The summed E-state index contributed by atoms with van der Waals surface area (Å²) in [5, 5.41) is 3.08. The van der Waals surface area contributed by atoms with Crippen LogP contribution in [0.15, 0.2) is 18.3 Å². The third-order valence-corrected chi connectivity index (χ3v) is 1.35. The quantitative estimate of drug-likeness (QED) is 0.782. The van der Waals surface area contributed by atoms with Crippen molar-refractivity contribution in [3.05, 3.63) is 23.4 Å². The summed E-state index contributed by atoms with van der Waals surface area (Å²) in [7, 11) is 1.31. The van der Waals surface area contributed by atoms with Crippen molar-refractivity contribution >= 4 is 29.8 Å². The van der Waals surface area contributed by atoms with E-state index in [-0.39, 0.29) is 5.91 Å². The summed E-state index contributed by atoms with van der Waals surface area (Å²) in [6.07, 6.45) is 1.48. The van der Waals surface area contributed by atoms with Crippen molar-refractivity contribution in [3.8, 4) is 0 Å². The summed E-state index contributed by atoms with van der Waals surface area (Å²) in [5.41, 5.74) is 0. The highest BCUT2D eigenvalue weighted by Gasteiger charge is 1.94. The first-order valence-corrected chi connectivity index (χ1v) is 4.33. The average molecular weight is 231 g/mol. The van der Waals surface area contributed by atoms with Gasteiger partial charge >= 0.3 is 0 Å². The zero-order valence-electron chi connectivity index (χ0n) is 8.36. The van der Waals surface area contributed by atoms with Gasteiger partial charge in [0, 0.05) is 13.1 Å². The smallest absolute Gasteiger partial charge is 0.292 e. The van der Waals surface area contributed by atoms with E-state index in [1.807, 2.05) is 0 Å².